The first-order valence-corrected chi connectivity index (χ1v) is 6.07. The van der Waals surface area contributed by atoms with Crippen molar-refractivity contribution in [2.45, 2.75) is 19.6 Å². The van der Waals surface area contributed by atoms with Gasteiger partial charge < -0.3 is 14.4 Å². The lowest BCUT2D eigenvalue weighted by Gasteiger charge is -2.27. The maximum Gasteiger partial charge on any atom is 0.244 e. The molecule has 1 aromatic rings. The minimum absolute atomic E-state index is 0.0206. The van der Waals surface area contributed by atoms with Gasteiger partial charge in [0.1, 0.15) is 6.54 Å². The molecule has 1 saturated heterocycles. The first kappa shape index (κ1) is 13.0. The van der Waals surface area contributed by atoms with E-state index in [0.29, 0.717) is 26.4 Å². The van der Waals surface area contributed by atoms with E-state index in [0.717, 1.165) is 5.56 Å². The van der Waals surface area contributed by atoms with Crippen molar-refractivity contribution in [3.63, 3.8) is 0 Å². The van der Waals surface area contributed by atoms with Gasteiger partial charge >= 0.3 is 0 Å². The zero-order chi connectivity index (χ0) is 13.0. The molecule has 0 saturated carbocycles. The normalized spacial score (nSPS) is 19.8. The first-order valence-electron chi connectivity index (χ1n) is 6.07. The Morgan fingerprint density at radius 1 is 1.61 bits per heavy atom. The van der Waals surface area contributed by atoms with E-state index in [1.54, 1.807) is 22.8 Å². The van der Waals surface area contributed by atoms with E-state index >= 15 is 0 Å². The smallest absolute Gasteiger partial charge is 0.244 e. The average molecular weight is 253 g/mol. The van der Waals surface area contributed by atoms with Gasteiger partial charge in [-0.1, -0.05) is 0 Å². The number of hydrogen-bond acceptors (Lipinski definition) is 4. The number of aryl methyl sites for hydroxylation is 1. The van der Waals surface area contributed by atoms with Gasteiger partial charge in [-0.25, -0.2) is 0 Å². The number of hydrogen-bond donors (Lipinski definition) is 0. The number of likely N-dealkylation sites (N-methyl/N-ethyl adjacent to an activating group) is 1. The second-order valence-corrected chi connectivity index (χ2v) is 4.56. The third-order valence-electron chi connectivity index (χ3n) is 2.85. The summed E-state index contributed by atoms with van der Waals surface area (Å²) in [6, 6.07) is 0. The molecule has 1 aliphatic rings. The number of rotatable bonds is 4. The van der Waals surface area contributed by atoms with Crippen molar-refractivity contribution in [1.29, 1.82) is 0 Å². The third-order valence-corrected chi connectivity index (χ3v) is 2.85. The zero-order valence-electron chi connectivity index (χ0n) is 10.8. The molecule has 1 amide bonds. The number of carbonyl (C=O) groups excluding carboxylic acids is 1. The summed E-state index contributed by atoms with van der Waals surface area (Å²) in [6.45, 7) is 4.56. The monoisotopic (exact) mass is 253 g/mol. The molecular weight excluding hydrogens is 234 g/mol. The van der Waals surface area contributed by atoms with Crippen LogP contribution in [0.2, 0.25) is 0 Å². The van der Waals surface area contributed by atoms with Crippen LogP contribution in [0.5, 0.6) is 0 Å². The molecule has 6 nitrogen and oxygen atoms in total. The van der Waals surface area contributed by atoms with Crippen LogP contribution in [0.4, 0.5) is 0 Å². The van der Waals surface area contributed by atoms with Crippen LogP contribution < -0.4 is 0 Å². The molecular formula is C12H19N3O3. The summed E-state index contributed by atoms with van der Waals surface area (Å²) in [5, 5.41) is 4.10. The van der Waals surface area contributed by atoms with Gasteiger partial charge in [0, 0.05) is 19.8 Å². The van der Waals surface area contributed by atoms with E-state index in [1.807, 2.05) is 13.1 Å². The van der Waals surface area contributed by atoms with E-state index in [1.165, 1.54) is 0 Å². The number of nitrogens with zero attached hydrogens (tertiary/aromatic N) is 3. The highest BCUT2D eigenvalue weighted by Gasteiger charge is 2.19. The molecule has 1 aromatic heterocycles. The number of ether oxygens (including phenoxy) is 2. The Morgan fingerprint density at radius 2 is 2.44 bits per heavy atom. The summed E-state index contributed by atoms with van der Waals surface area (Å²) in [5.74, 6) is 0.0206. The zero-order valence-corrected chi connectivity index (χ0v) is 10.8. The van der Waals surface area contributed by atoms with E-state index in [2.05, 4.69) is 5.10 Å². The molecule has 0 spiro atoms. The highest BCUT2D eigenvalue weighted by molar-refractivity contribution is 5.75. The maximum atomic E-state index is 12.0. The lowest BCUT2D eigenvalue weighted by Crippen LogP contribution is -2.41. The third kappa shape index (κ3) is 3.54. The van der Waals surface area contributed by atoms with Crippen LogP contribution in [0.25, 0.3) is 0 Å². The van der Waals surface area contributed by atoms with Crippen LogP contribution in [-0.2, 0) is 20.8 Å². The molecule has 18 heavy (non-hydrogen) atoms. The second kappa shape index (κ2) is 5.97. The highest BCUT2D eigenvalue weighted by atomic mass is 16.6. The van der Waals surface area contributed by atoms with Gasteiger partial charge in [0.15, 0.2) is 0 Å². The Kier molecular flexibility index (Phi) is 4.33. The molecule has 0 bridgehead atoms. The predicted octanol–water partition coefficient (Wildman–Crippen LogP) is 0.0653. The fourth-order valence-corrected chi connectivity index (χ4v) is 1.86. The van der Waals surface area contributed by atoms with Crippen LogP contribution in [0.15, 0.2) is 12.4 Å². The van der Waals surface area contributed by atoms with Crippen LogP contribution in [-0.4, -0.2) is 60.1 Å². The minimum atomic E-state index is -0.0212. The van der Waals surface area contributed by atoms with Crippen molar-refractivity contribution < 1.29 is 14.3 Å². The summed E-state index contributed by atoms with van der Waals surface area (Å²) in [6.07, 6.45) is 3.57. The molecule has 0 aromatic carbocycles. The van der Waals surface area contributed by atoms with Gasteiger partial charge in [-0.2, -0.15) is 5.10 Å². The van der Waals surface area contributed by atoms with Gasteiger partial charge in [0.05, 0.1) is 32.1 Å². The van der Waals surface area contributed by atoms with Gasteiger partial charge in [-0.15, -0.1) is 0 Å². The fraction of sp³-hybridized carbons (Fsp3) is 0.667. The fourth-order valence-electron chi connectivity index (χ4n) is 1.86. The van der Waals surface area contributed by atoms with Crippen LogP contribution >= 0.6 is 0 Å². The standard InChI is InChI=1S/C12H19N3O3/c1-10-5-13-15(6-10)8-12(16)14(2)7-11-9-17-3-4-18-11/h5-6,11H,3-4,7-9H2,1-2H3. The highest BCUT2D eigenvalue weighted by Crippen LogP contribution is 2.03. The lowest BCUT2D eigenvalue weighted by molar-refractivity contribution is -0.137. The Balaban J connectivity index is 1.80. The Morgan fingerprint density at radius 3 is 3.06 bits per heavy atom. The Labute approximate surface area is 106 Å². The summed E-state index contributed by atoms with van der Waals surface area (Å²) in [4.78, 5) is 13.6. The van der Waals surface area contributed by atoms with Crippen molar-refractivity contribution >= 4 is 5.91 Å². The van der Waals surface area contributed by atoms with E-state index in [4.69, 9.17) is 9.47 Å². The molecule has 0 radical (unpaired) electrons. The van der Waals surface area contributed by atoms with E-state index < -0.39 is 0 Å². The molecule has 1 atom stereocenters. The van der Waals surface area contributed by atoms with Gasteiger partial charge in [-0.05, 0) is 12.5 Å². The molecule has 1 fully saturated rings. The molecule has 1 unspecified atom stereocenters. The van der Waals surface area contributed by atoms with E-state index in [-0.39, 0.29) is 18.6 Å². The Bertz CT molecular complexity index is 399. The SMILES string of the molecule is Cc1cnn(CC(=O)N(C)CC2COCCO2)c1. The van der Waals surface area contributed by atoms with Crippen molar-refractivity contribution in [1.82, 2.24) is 14.7 Å². The van der Waals surface area contributed by atoms with Crippen LogP contribution in [0.3, 0.4) is 0 Å². The van der Waals surface area contributed by atoms with Gasteiger partial charge in [-0.3, -0.25) is 9.48 Å². The van der Waals surface area contributed by atoms with Crippen molar-refractivity contribution in [2.75, 3.05) is 33.4 Å². The maximum absolute atomic E-state index is 12.0. The first-order chi connectivity index (χ1) is 8.65. The second-order valence-electron chi connectivity index (χ2n) is 4.56. The van der Waals surface area contributed by atoms with Crippen molar-refractivity contribution in [3.8, 4) is 0 Å². The molecule has 100 valence electrons. The topological polar surface area (TPSA) is 56.6 Å². The van der Waals surface area contributed by atoms with E-state index in [9.17, 15) is 4.79 Å². The van der Waals surface area contributed by atoms with Crippen LogP contribution in [0.1, 0.15) is 5.56 Å². The average Bonchev–Trinajstić information content (AvgIpc) is 2.76. The van der Waals surface area contributed by atoms with Crippen molar-refractivity contribution in [3.05, 3.63) is 18.0 Å². The Hall–Kier alpha value is -1.40. The molecule has 1 aliphatic heterocycles. The number of carbonyl (C=O) groups is 1. The molecule has 0 N–H and O–H groups in total. The van der Waals surface area contributed by atoms with Gasteiger partial charge in [0.25, 0.3) is 0 Å². The number of aromatic nitrogens is 2. The molecule has 2 heterocycles. The van der Waals surface area contributed by atoms with Gasteiger partial charge in [0.2, 0.25) is 5.91 Å². The summed E-state index contributed by atoms with van der Waals surface area (Å²) in [7, 11) is 1.77. The minimum Gasteiger partial charge on any atom is -0.376 e. The predicted molar refractivity (Wildman–Crippen MR) is 65.2 cm³/mol. The number of amides is 1. The lowest BCUT2D eigenvalue weighted by atomic mass is 10.3. The quantitative estimate of drug-likeness (QED) is 0.761. The largest absolute Gasteiger partial charge is 0.376 e. The molecule has 6 heteroatoms. The summed E-state index contributed by atoms with van der Waals surface area (Å²) >= 11 is 0. The summed E-state index contributed by atoms with van der Waals surface area (Å²) < 4.78 is 12.5. The molecule has 0 aliphatic carbocycles. The molecule has 2 rings (SSSR count). The van der Waals surface area contributed by atoms with Crippen LogP contribution in [0, 0.1) is 6.92 Å². The summed E-state index contributed by atoms with van der Waals surface area (Å²) in [5.41, 5.74) is 1.05. The van der Waals surface area contributed by atoms with Crippen molar-refractivity contribution in [2.24, 2.45) is 0 Å².